The van der Waals surface area contributed by atoms with Gasteiger partial charge < -0.3 is 15.5 Å². The fourth-order valence-corrected chi connectivity index (χ4v) is 0.728. The Labute approximate surface area is 70.0 Å². The van der Waals surface area contributed by atoms with Crippen LogP contribution in [0.15, 0.2) is 10.7 Å². The van der Waals surface area contributed by atoms with Crippen LogP contribution in [0.5, 0.6) is 0 Å². The second kappa shape index (κ2) is 3.25. The molecule has 0 aromatic carbocycles. The highest BCUT2D eigenvalue weighted by molar-refractivity contribution is 5.92. The molecular formula is C7H11N3O2. The van der Waals surface area contributed by atoms with Gasteiger partial charge in [0.2, 0.25) is 0 Å². The smallest absolute Gasteiger partial charge is 0.292 e. The molecule has 0 aliphatic carbocycles. The summed E-state index contributed by atoms with van der Waals surface area (Å²) in [5.41, 5.74) is 5.40. The van der Waals surface area contributed by atoms with Gasteiger partial charge >= 0.3 is 0 Å². The fraction of sp³-hybridized carbons (Fsp3) is 0.429. The molecule has 0 fully saturated rings. The quantitative estimate of drug-likeness (QED) is 0.671. The summed E-state index contributed by atoms with van der Waals surface area (Å²) in [6.45, 7) is 3.72. The van der Waals surface area contributed by atoms with E-state index in [0.717, 1.165) is 0 Å². The molecule has 0 unspecified atom stereocenters. The van der Waals surface area contributed by atoms with E-state index in [-0.39, 0.29) is 23.7 Å². The van der Waals surface area contributed by atoms with E-state index in [1.807, 2.05) is 13.8 Å². The Hall–Kier alpha value is -1.52. The molecule has 0 atom stereocenters. The van der Waals surface area contributed by atoms with Crippen molar-refractivity contribution in [3.63, 3.8) is 0 Å². The number of hydrogen-bond donors (Lipinski definition) is 2. The number of nitrogen functional groups attached to an aromatic ring is 1. The molecule has 1 heterocycles. The van der Waals surface area contributed by atoms with Crippen molar-refractivity contribution >= 4 is 11.9 Å². The van der Waals surface area contributed by atoms with Gasteiger partial charge in [0.25, 0.3) is 11.9 Å². The summed E-state index contributed by atoms with van der Waals surface area (Å²) < 4.78 is 4.67. The van der Waals surface area contributed by atoms with Crippen molar-refractivity contribution in [3.8, 4) is 0 Å². The molecule has 0 spiro atoms. The number of aromatic nitrogens is 1. The van der Waals surface area contributed by atoms with Gasteiger partial charge in [0.05, 0.1) is 0 Å². The molecule has 5 heteroatoms. The van der Waals surface area contributed by atoms with E-state index in [9.17, 15) is 4.79 Å². The molecule has 1 aromatic heterocycles. The minimum absolute atomic E-state index is 0.00362. The summed E-state index contributed by atoms with van der Waals surface area (Å²) >= 11 is 0. The van der Waals surface area contributed by atoms with Crippen LogP contribution >= 0.6 is 0 Å². The molecule has 3 N–H and O–H groups in total. The zero-order valence-electron chi connectivity index (χ0n) is 7.00. The molecule has 1 rings (SSSR count). The SMILES string of the molecule is CC(C)NC(=O)c1coc(N)n1. The van der Waals surface area contributed by atoms with Crippen molar-refractivity contribution in [2.75, 3.05) is 5.73 Å². The van der Waals surface area contributed by atoms with Crippen LogP contribution in [0.4, 0.5) is 6.01 Å². The van der Waals surface area contributed by atoms with Crippen molar-refractivity contribution < 1.29 is 9.21 Å². The summed E-state index contributed by atoms with van der Waals surface area (Å²) in [6.07, 6.45) is 1.23. The molecule has 0 bridgehead atoms. The minimum atomic E-state index is -0.273. The molecule has 0 saturated heterocycles. The Morgan fingerprint density at radius 2 is 2.42 bits per heavy atom. The Bertz CT molecular complexity index is 280. The average molecular weight is 169 g/mol. The maximum absolute atomic E-state index is 11.2. The molecule has 0 aliphatic heterocycles. The van der Waals surface area contributed by atoms with E-state index in [2.05, 4.69) is 14.7 Å². The highest BCUT2D eigenvalue weighted by Crippen LogP contribution is 2.02. The number of nitrogens with two attached hydrogens (primary N) is 1. The van der Waals surface area contributed by atoms with E-state index in [0.29, 0.717) is 0 Å². The predicted molar refractivity (Wildman–Crippen MR) is 43.5 cm³/mol. The predicted octanol–water partition coefficient (Wildman–Crippen LogP) is 0.395. The first kappa shape index (κ1) is 8.58. The molecule has 12 heavy (non-hydrogen) atoms. The van der Waals surface area contributed by atoms with E-state index < -0.39 is 0 Å². The van der Waals surface area contributed by atoms with Gasteiger partial charge in [-0.15, -0.1) is 0 Å². The first-order valence-electron chi connectivity index (χ1n) is 3.61. The summed E-state index contributed by atoms with van der Waals surface area (Å²) in [5, 5.41) is 2.66. The molecule has 1 amide bonds. The van der Waals surface area contributed by atoms with Crippen LogP contribution in [0.2, 0.25) is 0 Å². The minimum Gasteiger partial charge on any atom is -0.431 e. The standard InChI is InChI=1S/C7H11N3O2/c1-4(2)9-6(11)5-3-12-7(8)10-5/h3-4H,1-2H3,(H2,8,10)(H,9,11). The number of carbonyl (C=O) groups is 1. The second-order valence-corrected chi connectivity index (χ2v) is 2.70. The van der Waals surface area contributed by atoms with Crippen molar-refractivity contribution in [1.82, 2.24) is 10.3 Å². The number of anilines is 1. The van der Waals surface area contributed by atoms with E-state index in [1.54, 1.807) is 0 Å². The lowest BCUT2D eigenvalue weighted by Gasteiger charge is -2.04. The van der Waals surface area contributed by atoms with Gasteiger partial charge in [0.15, 0.2) is 5.69 Å². The number of oxazole rings is 1. The van der Waals surface area contributed by atoms with Gasteiger partial charge in [-0.25, -0.2) is 0 Å². The summed E-state index contributed by atoms with van der Waals surface area (Å²) in [4.78, 5) is 14.8. The molecule has 0 radical (unpaired) electrons. The van der Waals surface area contributed by atoms with Crippen molar-refractivity contribution in [3.05, 3.63) is 12.0 Å². The highest BCUT2D eigenvalue weighted by Gasteiger charge is 2.10. The number of carbonyl (C=O) groups excluding carboxylic acids is 1. The number of rotatable bonds is 2. The maximum Gasteiger partial charge on any atom is 0.292 e. The van der Waals surface area contributed by atoms with Crippen molar-refractivity contribution in [1.29, 1.82) is 0 Å². The van der Waals surface area contributed by atoms with Crippen LogP contribution < -0.4 is 11.1 Å². The summed E-state index contributed by atoms with van der Waals surface area (Å²) in [5.74, 6) is -0.273. The number of nitrogens with one attached hydrogen (secondary N) is 1. The molecule has 0 saturated carbocycles. The molecule has 1 aromatic rings. The third kappa shape index (κ3) is 1.98. The van der Waals surface area contributed by atoms with Gasteiger partial charge in [-0.2, -0.15) is 4.98 Å². The lowest BCUT2D eigenvalue weighted by atomic mass is 10.3. The zero-order chi connectivity index (χ0) is 9.14. The Morgan fingerprint density at radius 3 is 2.83 bits per heavy atom. The first-order valence-corrected chi connectivity index (χ1v) is 3.61. The Morgan fingerprint density at radius 1 is 1.75 bits per heavy atom. The summed E-state index contributed by atoms with van der Waals surface area (Å²) in [6, 6.07) is 0.0827. The summed E-state index contributed by atoms with van der Waals surface area (Å²) in [7, 11) is 0. The highest BCUT2D eigenvalue weighted by atomic mass is 16.4. The van der Waals surface area contributed by atoms with Crippen LogP contribution in [0.3, 0.4) is 0 Å². The number of hydrogen-bond acceptors (Lipinski definition) is 4. The van der Waals surface area contributed by atoms with Crippen LogP contribution in [0.1, 0.15) is 24.3 Å². The van der Waals surface area contributed by atoms with Gasteiger partial charge in [-0.05, 0) is 13.8 Å². The van der Waals surface area contributed by atoms with E-state index in [4.69, 9.17) is 5.73 Å². The van der Waals surface area contributed by atoms with Crippen LogP contribution in [0, 0.1) is 0 Å². The fourth-order valence-electron chi connectivity index (χ4n) is 0.728. The number of nitrogens with zero attached hydrogens (tertiary/aromatic N) is 1. The Kier molecular flexibility index (Phi) is 2.32. The third-order valence-corrected chi connectivity index (χ3v) is 1.17. The van der Waals surface area contributed by atoms with E-state index >= 15 is 0 Å². The first-order chi connectivity index (χ1) is 5.59. The molecule has 5 nitrogen and oxygen atoms in total. The number of amides is 1. The maximum atomic E-state index is 11.2. The molecular weight excluding hydrogens is 158 g/mol. The van der Waals surface area contributed by atoms with Crippen molar-refractivity contribution in [2.45, 2.75) is 19.9 Å². The molecule has 66 valence electrons. The van der Waals surface area contributed by atoms with Crippen molar-refractivity contribution in [2.24, 2.45) is 0 Å². The normalized spacial score (nSPS) is 10.2. The average Bonchev–Trinajstić information content (AvgIpc) is 2.34. The van der Waals surface area contributed by atoms with Crippen LogP contribution in [0.25, 0.3) is 0 Å². The largest absolute Gasteiger partial charge is 0.431 e. The van der Waals surface area contributed by atoms with Gasteiger partial charge in [0.1, 0.15) is 6.26 Å². The van der Waals surface area contributed by atoms with Gasteiger partial charge in [-0.1, -0.05) is 0 Å². The lowest BCUT2D eigenvalue weighted by Crippen LogP contribution is -2.30. The molecule has 0 aliphatic rings. The van der Waals surface area contributed by atoms with E-state index in [1.165, 1.54) is 6.26 Å². The van der Waals surface area contributed by atoms with Crippen LogP contribution in [-0.2, 0) is 0 Å². The lowest BCUT2D eigenvalue weighted by molar-refractivity contribution is 0.0938. The monoisotopic (exact) mass is 169 g/mol. The second-order valence-electron chi connectivity index (χ2n) is 2.70. The Balaban J connectivity index is 2.65. The third-order valence-electron chi connectivity index (χ3n) is 1.17. The van der Waals surface area contributed by atoms with Gasteiger partial charge in [0, 0.05) is 6.04 Å². The zero-order valence-corrected chi connectivity index (χ0v) is 7.00. The van der Waals surface area contributed by atoms with Gasteiger partial charge in [-0.3, -0.25) is 4.79 Å². The van der Waals surface area contributed by atoms with Crippen LogP contribution in [-0.4, -0.2) is 16.9 Å². The topological polar surface area (TPSA) is 81.2 Å².